The summed E-state index contributed by atoms with van der Waals surface area (Å²) in [7, 11) is 0. The zero-order chi connectivity index (χ0) is 14.9. The lowest BCUT2D eigenvalue weighted by Crippen LogP contribution is -2.06. The number of Topliss-reactive ketones (excluding diaryl/α,β-unsaturated/α-hetero) is 1. The van der Waals surface area contributed by atoms with E-state index in [1.54, 1.807) is 0 Å². The second kappa shape index (κ2) is 5.30. The Bertz CT molecular complexity index is 871. The molecule has 2 aromatic carbocycles. The van der Waals surface area contributed by atoms with Gasteiger partial charge in [0.2, 0.25) is 0 Å². The summed E-state index contributed by atoms with van der Waals surface area (Å²) in [6.07, 6.45) is 4.70. The highest BCUT2D eigenvalue weighted by Gasteiger charge is 2.22. The van der Waals surface area contributed by atoms with Crippen LogP contribution in [-0.2, 0) is 4.79 Å². The van der Waals surface area contributed by atoms with E-state index >= 15 is 0 Å². The smallest absolute Gasteiger partial charge is 0.163 e. The lowest BCUT2D eigenvalue weighted by atomic mass is 9.89. The number of aromatic nitrogens is 1. The van der Waals surface area contributed by atoms with Crippen LogP contribution >= 0.6 is 0 Å². The molecule has 0 unspecified atom stereocenters. The van der Waals surface area contributed by atoms with Crippen LogP contribution in [-0.4, -0.2) is 10.8 Å². The van der Waals surface area contributed by atoms with E-state index in [1.807, 2.05) is 30.3 Å². The number of rotatable bonds is 2. The Morgan fingerprint density at radius 2 is 1.68 bits per heavy atom. The van der Waals surface area contributed by atoms with E-state index in [0.717, 1.165) is 46.1 Å². The molecular weight excluding hydrogens is 270 g/mol. The number of benzene rings is 2. The fourth-order valence-corrected chi connectivity index (χ4v) is 3.24. The summed E-state index contributed by atoms with van der Waals surface area (Å²) in [6.45, 7) is 0. The molecule has 0 spiro atoms. The molecule has 0 saturated carbocycles. The molecule has 2 heteroatoms. The van der Waals surface area contributed by atoms with E-state index in [0.29, 0.717) is 6.42 Å². The van der Waals surface area contributed by atoms with Gasteiger partial charge in [0, 0.05) is 28.5 Å². The lowest BCUT2D eigenvalue weighted by molar-refractivity contribution is -0.114. The van der Waals surface area contributed by atoms with Crippen molar-refractivity contribution in [2.45, 2.75) is 19.3 Å². The Morgan fingerprint density at radius 1 is 0.909 bits per heavy atom. The van der Waals surface area contributed by atoms with Gasteiger partial charge in [0.25, 0.3) is 0 Å². The quantitative estimate of drug-likeness (QED) is 0.709. The van der Waals surface area contributed by atoms with Crippen LogP contribution < -0.4 is 0 Å². The Kier molecular flexibility index (Phi) is 3.15. The average molecular weight is 287 g/mol. The minimum Gasteiger partial charge on any atom is -0.354 e. The molecule has 4 rings (SSSR count). The zero-order valence-corrected chi connectivity index (χ0v) is 12.3. The highest BCUT2D eigenvalue weighted by atomic mass is 16.1. The molecule has 22 heavy (non-hydrogen) atoms. The minimum absolute atomic E-state index is 0.258. The Hall–Kier alpha value is -2.61. The number of carbonyl (C=O) groups excluding carboxylic acids is 1. The van der Waals surface area contributed by atoms with Gasteiger partial charge in [0.05, 0.1) is 5.69 Å². The van der Waals surface area contributed by atoms with Gasteiger partial charge in [-0.1, -0.05) is 54.6 Å². The summed E-state index contributed by atoms with van der Waals surface area (Å²) >= 11 is 0. The van der Waals surface area contributed by atoms with Crippen molar-refractivity contribution in [3.8, 4) is 11.3 Å². The van der Waals surface area contributed by atoms with Gasteiger partial charge in [-0.25, -0.2) is 0 Å². The maximum absolute atomic E-state index is 12.4. The molecule has 1 aromatic heterocycles. The standard InChI is InChI=1S/C20H17NO/c22-18-13-7-5-11-16(18)19-15-10-4-6-12-17(15)21-20(19)14-8-2-1-3-9-14/h1-4,6,8-12,21H,5,7,13H2. The van der Waals surface area contributed by atoms with Gasteiger partial charge in [-0.3, -0.25) is 4.79 Å². The largest absolute Gasteiger partial charge is 0.354 e. The van der Waals surface area contributed by atoms with Crippen molar-refractivity contribution in [1.29, 1.82) is 0 Å². The molecular formula is C20H17NO. The van der Waals surface area contributed by atoms with Crippen LogP contribution in [0.4, 0.5) is 0 Å². The monoisotopic (exact) mass is 287 g/mol. The number of aromatic amines is 1. The van der Waals surface area contributed by atoms with Crippen LogP contribution in [0.2, 0.25) is 0 Å². The molecule has 3 aromatic rings. The van der Waals surface area contributed by atoms with E-state index in [9.17, 15) is 4.79 Å². The van der Waals surface area contributed by atoms with Crippen LogP contribution in [0.3, 0.4) is 0 Å². The molecule has 1 heterocycles. The molecule has 0 bridgehead atoms. The van der Waals surface area contributed by atoms with E-state index in [1.165, 1.54) is 0 Å². The van der Waals surface area contributed by atoms with Crippen molar-refractivity contribution < 1.29 is 4.79 Å². The molecule has 1 aliphatic rings. The molecule has 0 aliphatic heterocycles. The van der Waals surface area contributed by atoms with Gasteiger partial charge in [-0.05, 0) is 24.5 Å². The van der Waals surface area contributed by atoms with E-state index in [2.05, 4.69) is 35.3 Å². The second-order valence-electron chi connectivity index (χ2n) is 5.72. The summed E-state index contributed by atoms with van der Waals surface area (Å²) in [4.78, 5) is 15.9. The SMILES string of the molecule is O=C1CCCC=C1c1c(-c2ccccc2)[nH]c2ccccc12. The first-order valence-electron chi connectivity index (χ1n) is 7.74. The normalized spacial score (nSPS) is 15.1. The number of ketones is 1. The predicted molar refractivity (Wildman–Crippen MR) is 90.6 cm³/mol. The molecule has 0 fully saturated rings. The fourth-order valence-electron chi connectivity index (χ4n) is 3.24. The van der Waals surface area contributed by atoms with Gasteiger partial charge in [-0.15, -0.1) is 0 Å². The topological polar surface area (TPSA) is 32.9 Å². The fraction of sp³-hybridized carbons (Fsp3) is 0.150. The predicted octanol–water partition coefficient (Wildman–Crippen LogP) is 4.97. The number of hydrogen-bond donors (Lipinski definition) is 1. The Labute approximate surface area is 129 Å². The molecule has 0 radical (unpaired) electrons. The number of H-pyrrole nitrogens is 1. The first kappa shape index (κ1) is 13.1. The summed E-state index contributed by atoms with van der Waals surface area (Å²) in [5, 5.41) is 1.13. The van der Waals surface area contributed by atoms with Crippen molar-refractivity contribution in [2.75, 3.05) is 0 Å². The van der Waals surface area contributed by atoms with Gasteiger partial charge >= 0.3 is 0 Å². The van der Waals surface area contributed by atoms with Crippen molar-refractivity contribution in [3.63, 3.8) is 0 Å². The van der Waals surface area contributed by atoms with Crippen molar-refractivity contribution >= 4 is 22.3 Å². The molecule has 0 amide bonds. The third kappa shape index (κ3) is 2.08. The number of carbonyl (C=O) groups is 1. The number of hydrogen-bond acceptors (Lipinski definition) is 1. The summed E-state index contributed by atoms with van der Waals surface area (Å²) in [6, 6.07) is 18.5. The van der Waals surface area contributed by atoms with Gasteiger partial charge in [0.1, 0.15) is 0 Å². The van der Waals surface area contributed by atoms with Crippen molar-refractivity contribution in [2.24, 2.45) is 0 Å². The Morgan fingerprint density at radius 3 is 2.50 bits per heavy atom. The average Bonchev–Trinajstić information content (AvgIpc) is 2.95. The second-order valence-corrected chi connectivity index (χ2v) is 5.72. The maximum atomic E-state index is 12.4. The van der Waals surface area contributed by atoms with Crippen LogP contribution in [0, 0.1) is 0 Å². The van der Waals surface area contributed by atoms with E-state index < -0.39 is 0 Å². The van der Waals surface area contributed by atoms with Gasteiger partial charge in [0.15, 0.2) is 5.78 Å². The maximum Gasteiger partial charge on any atom is 0.163 e. The van der Waals surface area contributed by atoms with Crippen molar-refractivity contribution in [3.05, 3.63) is 66.2 Å². The molecule has 0 atom stereocenters. The molecule has 1 aliphatic carbocycles. The van der Waals surface area contributed by atoms with E-state index in [-0.39, 0.29) is 5.78 Å². The zero-order valence-electron chi connectivity index (χ0n) is 12.3. The molecule has 2 nitrogen and oxygen atoms in total. The summed E-state index contributed by atoms with van der Waals surface area (Å²) < 4.78 is 0. The van der Waals surface area contributed by atoms with Gasteiger partial charge in [-0.2, -0.15) is 0 Å². The Balaban J connectivity index is 2.03. The van der Waals surface area contributed by atoms with Crippen LogP contribution in [0.25, 0.3) is 27.7 Å². The number of nitrogens with one attached hydrogen (secondary N) is 1. The third-order valence-corrected chi connectivity index (χ3v) is 4.29. The van der Waals surface area contributed by atoms with E-state index in [4.69, 9.17) is 0 Å². The van der Waals surface area contributed by atoms with Crippen LogP contribution in [0.5, 0.6) is 0 Å². The molecule has 0 saturated heterocycles. The first-order chi connectivity index (χ1) is 10.8. The number of allylic oxidation sites excluding steroid dienone is 2. The highest BCUT2D eigenvalue weighted by Crippen LogP contribution is 2.37. The van der Waals surface area contributed by atoms with Crippen LogP contribution in [0.15, 0.2) is 60.7 Å². The van der Waals surface area contributed by atoms with Crippen molar-refractivity contribution in [1.82, 2.24) is 4.98 Å². The number of para-hydroxylation sites is 1. The molecule has 1 N–H and O–H groups in total. The first-order valence-corrected chi connectivity index (χ1v) is 7.74. The number of fused-ring (bicyclic) bond motifs is 1. The highest BCUT2D eigenvalue weighted by molar-refractivity contribution is 6.26. The van der Waals surface area contributed by atoms with Gasteiger partial charge < -0.3 is 4.98 Å². The third-order valence-electron chi connectivity index (χ3n) is 4.29. The van der Waals surface area contributed by atoms with Crippen LogP contribution in [0.1, 0.15) is 24.8 Å². The summed E-state index contributed by atoms with van der Waals surface area (Å²) in [5.74, 6) is 0.258. The summed E-state index contributed by atoms with van der Waals surface area (Å²) in [5.41, 5.74) is 5.18. The molecule has 108 valence electrons. The lowest BCUT2D eigenvalue weighted by Gasteiger charge is -2.13. The minimum atomic E-state index is 0.258.